The first-order chi connectivity index (χ1) is 17.0. The van der Waals surface area contributed by atoms with Gasteiger partial charge in [-0.1, -0.05) is 23.7 Å². The summed E-state index contributed by atoms with van der Waals surface area (Å²) in [6.07, 6.45) is 5.54. The average molecular weight is 491 g/mol. The van der Waals surface area contributed by atoms with Gasteiger partial charge in [-0.3, -0.25) is 9.89 Å². The van der Waals surface area contributed by atoms with E-state index < -0.39 is 0 Å². The van der Waals surface area contributed by atoms with Gasteiger partial charge in [0.2, 0.25) is 0 Å². The van der Waals surface area contributed by atoms with Crippen LogP contribution in [0.1, 0.15) is 22.3 Å². The molecule has 2 aliphatic rings. The third-order valence-electron chi connectivity index (χ3n) is 7.44. The molecule has 35 heavy (non-hydrogen) atoms. The summed E-state index contributed by atoms with van der Waals surface area (Å²) in [5.41, 5.74) is 4.60. The molecule has 2 aromatic carbocycles. The van der Waals surface area contributed by atoms with E-state index in [0.717, 1.165) is 64.2 Å². The van der Waals surface area contributed by atoms with Crippen molar-refractivity contribution in [3.8, 4) is 22.6 Å². The molecule has 0 bridgehead atoms. The first kappa shape index (κ1) is 22.2. The Morgan fingerprint density at radius 1 is 1.29 bits per heavy atom. The topological polar surface area (TPSA) is 72.4 Å². The highest BCUT2D eigenvalue weighted by atomic mass is 35.5. The number of Topliss-reactive ketones (excluding diaryl/α,β-unsaturated/α-hetero) is 1. The number of rotatable bonds is 6. The second kappa shape index (κ2) is 8.73. The molecule has 0 radical (unpaired) electrons. The quantitative estimate of drug-likeness (QED) is 0.392. The van der Waals surface area contributed by atoms with Crippen LogP contribution in [-0.2, 0) is 13.0 Å². The smallest absolute Gasteiger partial charge is 0.171 e. The summed E-state index contributed by atoms with van der Waals surface area (Å²) < 4.78 is 13.6. The predicted molar refractivity (Wildman–Crippen MR) is 136 cm³/mol. The molecule has 7 nitrogen and oxygen atoms in total. The molecule has 4 aromatic rings. The highest BCUT2D eigenvalue weighted by Crippen LogP contribution is 2.35. The Labute approximate surface area is 208 Å². The Balaban J connectivity index is 1.38. The van der Waals surface area contributed by atoms with Gasteiger partial charge in [-0.05, 0) is 61.8 Å². The molecule has 0 saturated carbocycles. The van der Waals surface area contributed by atoms with Gasteiger partial charge in [-0.15, -0.1) is 0 Å². The van der Waals surface area contributed by atoms with E-state index in [1.54, 1.807) is 13.3 Å². The number of nitrogens with zero attached hydrogens (tertiary/aromatic N) is 3. The first-order valence-electron chi connectivity index (χ1n) is 11.9. The third-order valence-corrected chi connectivity index (χ3v) is 7.73. The Kier molecular flexibility index (Phi) is 5.54. The van der Waals surface area contributed by atoms with Crippen LogP contribution < -0.4 is 9.47 Å². The summed E-state index contributed by atoms with van der Waals surface area (Å²) in [4.78, 5) is 16.2. The molecule has 1 saturated heterocycles. The van der Waals surface area contributed by atoms with Gasteiger partial charge in [-0.2, -0.15) is 5.10 Å². The number of likely N-dealkylation sites (N-methyl/N-ethyl adjacent to an activating group) is 1. The summed E-state index contributed by atoms with van der Waals surface area (Å²) in [7, 11) is 3.79. The van der Waals surface area contributed by atoms with Crippen LogP contribution in [0.25, 0.3) is 22.0 Å². The maximum atomic E-state index is 13.8. The number of methoxy groups -OCH3 is 1. The van der Waals surface area contributed by atoms with Crippen LogP contribution >= 0.6 is 11.6 Å². The van der Waals surface area contributed by atoms with E-state index in [4.69, 9.17) is 21.1 Å². The van der Waals surface area contributed by atoms with E-state index in [1.807, 2.05) is 36.5 Å². The molecule has 1 fully saturated rings. The number of fused-ring (bicyclic) bond motifs is 2. The van der Waals surface area contributed by atoms with E-state index in [2.05, 4.69) is 32.8 Å². The zero-order valence-electron chi connectivity index (χ0n) is 19.8. The molecule has 2 atom stereocenters. The van der Waals surface area contributed by atoms with Gasteiger partial charge in [-0.25, -0.2) is 0 Å². The van der Waals surface area contributed by atoms with Gasteiger partial charge >= 0.3 is 0 Å². The molecule has 2 unspecified atom stereocenters. The number of hydrogen-bond acceptors (Lipinski definition) is 5. The molecule has 2 aliphatic heterocycles. The van der Waals surface area contributed by atoms with E-state index >= 15 is 0 Å². The van der Waals surface area contributed by atoms with Crippen molar-refractivity contribution in [2.24, 2.45) is 5.92 Å². The number of ether oxygens (including phenoxy) is 2. The minimum absolute atomic E-state index is 0.110. The van der Waals surface area contributed by atoms with Gasteiger partial charge in [0.15, 0.2) is 5.78 Å². The molecule has 180 valence electrons. The van der Waals surface area contributed by atoms with Gasteiger partial charge in [0, 0.05) is 40.8 Å². The fourth-order valence-corrected chi connectivity index (χ4v) is 5.40. The van der Waals surface area contributed by atoms with Crippen molar-refractivity contribution in [1.82, 2.24) is 19.7 Å². The van der Waals surface area contributed by atoms with Crippen LogP contribution in [0.3, 0.4) is 0 Å². The molecule has 1 N–H and O–H groups in total. The number of aromatic amines is 1. The lowest BCUT2D eigenvalue weighted by atomic mass is 9.89. The monoisotopic (exact) mass is 490 g/mol. The number of aromatic nitrogens is 3. The number of likely N-dealkylation sites (tertiary alicyclic amines) is 1. The summed E-state index contributed by atoms with van der Waals surface area (Å²) in [5, 5.41) is 8.31. The van der Waals surface area contributed by atoms with Crippen molar-refractivity contribution in [3.05, 3.63) is 65.1 Å². The van der Waals surface area contributed by atoms with Crippen molar-refractivity contribution in [1.29, 1.82) is 0 Å². The predicted octanol–water partition coefficient (Wildman–Crippen LogP) is 4.83. The number of H-pyrrole nitrogens is 1. The number of benzene rings is 2. The number of carbonyl (C=O) groups excluding carboxylic acids is 1. The van der Waals surface area contributed by atoms with Gasteiger partial charge < -0.3 is 18.9 Å². The maximum Gasteiger partial charge on any atom is 0.171 e. The maximum absolute atomic E-state index is 13.8. The van der Waals surface area contributed by atoms with Crippen LogP contribution in [0.15, 0.2) is 48.8 Å². The molecular formula is C27H27ClN4O3. The summed E-state index contributed by atoms with van der Waals surface area (Å²) in [5.74, 6) is 1.46. The second-order valence-electron chi connectivity index (χ2n) is 9.50. The van der Waals surface area contributed by atoms with Crippen molar-refractivity contribution < 1.29 is 14.3 Å². The minimum Gasteiger partial charge on any atom is -0.497 e. The van der Waals surface area contributed by atoms with Crippen molar-refractivity contribution >= 4 is 28.3 Å². The van der Waals surface area contributed by atoms with Crippen LogP contribution in [0.2, 0.25) is 5.15 Å². The highest BCUT2D eigenvalue weighted by molar-refractivity contribution is 6.32. The molecule has 6 rings (SSSR count). The molecular weight excluding hydrogens is 464 g/mol. The minimum atomic E-state index is -0.247. The molecule has 0 spiro atoms. The van der Waals surface area contributed by atoms with Crippen LogP contribution in [-0.4, -0.2) is 58.8 Å². The van der Waals surface area contributed by atoms with Gasteiger partial charge in [0.1, 0.15) is 16.7 Å². The Bertz CT molecular complexity index is 1430. The van der Waals surface area contributed by atoms with Crippen molar-refractivity contribution in [2.75, 3.05) is 27.3 Å². The number of ketones is 1. The molecule has 4 heterocycles. The fourth-order valence-electron chi connectivity index (χ4n) is 5.19. The summed E-state index contributed by atoms with van der Waals surface area (Å²) >= 11 is 6.31. The molecule has 2 aromatic heterocycles. The SMILES string of the molecule is COc1ccc2c(c1)CC(C(=O)c1cn(CC3CCN3C)c3cc(-c4cn[nH]c4Cl)ccc13)CO2. The van der Waals surface area contributed by atoms with Crippen molar-refractivity contribution in [3.63, 3.8) is 0 Å². The Hall–Kier alpha value is -3.29. The third kappa shape index (κ3) is 3.89. The lowest BCUT2D eigenvalue weighted by molar-refractivity contribution is 0.0855. The normalized spacial score (nSPS) is 19.7. The number of nitrogens with one attached hydrogen (secondary N) is 1. The van der Waals surface area contributed by atoms with E-state index in [1.165, 1.54) is 0 Å². The number of halogens is 1. The standard InChI is InChI=1S/C27H27ClN4O3/c1-31-8-7-19(31)13-32-14-23(21-5-3-16(11-24(21)32)22-12-29-30-27(22)28)26(33)18-9-17-10-20(34-2)4-6-25(17)35-15-18/h3-6,10-12,14,18-19H,7-9,13,15H2,1-2H3,(H,29,30). The van der Waals surface area contributed by atoms with Gasteiger partial charge in [0.05, 0.1) is 25.8 Å². The van der Waals surface area contributed by atoms with Crippen molar-refractivity contribution in [2.45, 2.75) is 25.4 Å². The molecule has 8 heteroatoms. The molecule has 0 aliphatic carbocycles. The first-order valence-corrected chi connectivity index (χ1v) is 12.3. The van der Waals surface area contributed by atoms with Gasteiger partial charge in [0.25, 0.3) is 0 Å². The lowest BCUT2D eigenvalue weighted by Crippen LogP contribution is -2.46. The van der Waals surface area contributed by atoms with Crippen LogP contribution in [0.5, 0.6) is 11.5 Å². The Morgan fingerprint density at radius 3 is 2.89 bits per heavy atom. The average Bonchev–Trinajstić information content (AvgIpc) is 3.48. The summed E-state index contributed by atoms with van der Waals surface area (Å²) in [6, 6.07) is 12.4. The lowest BCUT2D eigenvalue weighted by Gasteiger charge is -2.38. The zero-order chi connectivity index (χ0) is 24.1. The summed E-state index contributed by atoms with van der Waals surface area (Å²) in [6.45, 7) is 2.32. The zero-order valence-corrected chi connectivity index (χ0v) is 20.5. The molecule has 0 amide bonds. The highest BCUT2D eigenvalue weighted by Gasteiger charge is 2.31. The largest absolute Gasteiger partial charge is 0.497 e. The van der Waals surface area contributed by atoms with E-state index in [9.17, 15) is 4.79 Å². The Morgan fingerprint density at radius 2 is 2.17 bits per heavy atom. The number of carbonyl (C=O) groups is 1. The van der Waals surface area contributed by atoms with E-state index in [0.29, 0.717) is 24.2 Å². The van der Waals surface area contributed by atoms with Crippen LogP contribution in [0, 0.1) is 5.92 Å². The number of hydrogen-bond donors (Lipinski definition) is 1. The van der Waals surface area contributed by atoms with E-state index in [-0.39, 0.29) is 11.7 Å². The fraction of sp³-hybridized carbons (Fsp3) is 0.333. The second-order valence-corrected chi connectivity index (χ2v) is 9.88. The van der Waals surface area contributed by atoms with Crippen LogP contribution in [0.4, 0.5) is 0 Å².